The van der Waals surface area contributed by atoms with Gasteiger partial charge in [0, 0.05) is 13.1 Å². The molecule has 0 aliphatic carbocycles. The van der Waals surface area contributed by atoms with Crippen LogP contribution in [-0.4, -0.2) is 23.6 Å². The summed E-state index contributed by atoms with van der Waals surface area (Å²) in [6, 6.07) is 15.8. The summed E-state index contributed by atoms with van der Waals surface area (Å²) >= 11 is 0. The van der Waals surface area contributed by atoms with E-state index in [1.165, 1.54) is 11.1 Å². The summed E-state index contributed by atoms with van der Waals surface area (Å²) in [5, 5.41) is 2.98. The molecular formula is C19H22N2O2. The molecule has 1 aliphatic heterocycles. The lowest BCUT2D eigenvalue weighted by Crippen LogP contribution is -2.38. The molecule has 0 radical (unpaired) electrons. The summed E-state index contributed by atoms with van der Waals surface area (Å²) in [4.78, 5) is 14.4. The topological polar surface area (TPSA) is 41.6 Å². The van der Waals surface area contributed by atoms with Crippen LogP contribution >= 0.6 is 0 Å². The zero-order valence-electron chi connectivity index (χ0n) is 13.6. The lowest BCUT2D eigenvalue weighted by molar-refractivity contribution is 0.205. The number of nitrogens with one attached hydrogen (secondary N) is 1. The van der Waals surface area contributed by atoms with Crippen molar-refractivity contribution in [3.63, 3.8) is 0 Å². The summed E-state index contributed by atoms with van der Waals surface area (Å²) in [5.74, 6) is 0.702. The van der Waals surface area contributed by atoms with Gasteiger partial charge in [-0.3, -0.25) is 0 Å². The zero-order chi connectivity index (χ0) is 16.2. The minimum Gasteiger partial charge on any atom is -0.489 e. The second-order valence-electron chi connectivity index (χ2n) is 6.03. The molecule has 0 atom stereocenters. The van der Waals surface area contributed by atoms with Gasteiger partial charge in [0.15, 0.2) is 0 Å². The highest BCUT2D eigenvalue weighted by atomic mass is 16.5. The molecule has 0 saturated heterocycles. The van der Waals surface area contributed by atoms with E-state index in [9.17, 15) is 4.79 Å². The SMILES string of the molecule is CC(C)Oc1ccccc1NC(=O)N1CCc2ccccc2C1. The number of carbonyl (C=O) groups is 1. The summed E-state index contributed by atoms with van der Waals surface area (Å²) in [5.41, 5.74) is 3.27. The van der Waals surface area contributed by atoms with Gasteiger partial charge in [0.2, 0.25) is 0 Å². The molecule has 120 valence electrons. The summed E-state index contributed by atoms with van der Waals surface area (Å²) < 4.78 is 5.76. The van der Waals surface area contributed by atoms with Crippen LogP contribution in [-0.2, 0) is 13.0 Å². The van der Waals surface area contributed by atoms with Gasteiger partial charge < -0.3 is 15.0 Å². The molecule has 23 heavy (non-hydrogen) atoms. The van der Waals surface area contributed by atoms with Crippen LogP contribution in [0, 0.1) is 0 Å². The fourth-order valence-electron chi connectivity index (χ4n) is 2.79. The van der Waals surface area contributed by atoms with Crippen LogP contribution in [0.2, 0.25) is 0 Å². The van der Waals surface area contributed by atoms with Crippen LogP contribution in [0.25, 0.3) is 0 Å². The van der Waals surface area contributed by atoms with Gasteiger partial charge in [-0.05, 0) is 43.5 Å². The average molecular weight is 310 g/mol. The highest BCUT2D eigenvalue weighted by Crippen LogP contribution is 2.26. The average Bonchev–Trinajstić information content (AvgIpc) is 2.55. The zero-order valence-corrected chi connectivity index (χ0v) is 13.6. The van der Waals surface area contributed by atoms with E-state index in [2.05, 4.69) is 17.4 Å². The Morgan fingerprint density at radius 2 is 1.78 bits per heavy atom. The monoisotopic (exact) mass is 310 g/mol. The van der Waals surface area contributed by atoms with Crippen molar-refractivity contribution >= 4 is 11.7 Å². The molecule has 0 spiro atoms. The van der Waals surface area contributed by atoms with Gasteiger partial charge in [-0.1, -0.05) is 36.4 Å². The molecule has 0 fully saturated rings. The molecule has 2 aromatic carbocycles. The maximum absolute atomic E-state index is 12.6. The molecule has 0 aromatic heterocycles. The van der Waals surface area contributed by atoms with Gasteiger partial charge in [-0.2, -0.15) is 0 Å². The Morgan fingerprint density at radius 3 is 2.57 bits per heavy atom. The number of amides is 2. The highest BCUT2D eigenvalue weighted by Gasteiger charge is 2.21. The first-order chi connectivity index (χ1) is 11.1. The standard InChI is InChI=1S/C19H22N2O2/c1-14(2)23-18-10-6-5-9-17(18)20-19(22)21-12-11-15-7-3-4-8-16(15)13-21/h3-10,14H,11-13H2,1-2H3,(H,20,22). The minimum absolute atomic E-state index is 0.0647. The number of nitrogens with zero attached hydrogens (tertiary/aromatic N) is 1. The molecule has 1 heterocycles. The van der Waals surface area contributed by atoms with Crippen molar-refractivity contribution in [3.05, 3.63) is 59.7 Å². The molecule has 0 saturated carbocycles. The number of carbonyl (C=O) groups excluding carboxylic acids is 1. The number of benzene rings is 2. The summed E-state index contributed by atoms with van der Waals surface area (Å²) in [7, 11) is 0. The van der Waals surface area contributed by atoms with E-state index < -0.39 is 0 Å². The predicted octanol–water partition coefficient (Wildman–Crippen LogP) is 4.06. The molecule has 4 heteroatoms. The number of urea groups is 1. The first kappa shape index (κ1) is 15.4. The van der Waals surface area contributed by atoms with Gasteiger partial charge in [-0.15, -0.1) is 0 Å². The van der Waals surface area contributed by atoms with Crippen molar-refractivity contribution in [1.29, 1.82) is 0 Å². The van der Waals surface area contributed by atoms with Crippen molar-refractivity contribution in [3.8, 4) is 5.75 Å². The smallest absolute Gasteiger partial charge is 0.322 e. The van der Waals surface area contributed by atoms with Gasteiger partial charge in [0.25, 0.3) is 0 Å². The number of hydrogen-bond donors (Lipinski definition) is 1. The van der Waals surface area contributed by atoms with Gasteiger partial charge in [-0.25, -0.2) is 4.79 Å². The van der Waals surface area contributed by atoms with Gasteiger partial charge >= 0.3 is 6.03 Å². The third-order valence-electron chi connectivity index (χ3n) is 3.91. The largest absolute Gasteiger partial charge is 0.489 e. The van der Waals surface area contributed by atoms with Gasteiger partial charge in [0.1, 0.15) is 5.75 Å². The molecule has 1 N–H and O–H groups in total. The second-order valence-corrected chi connectivity index (χ2v) is 6.03. The van der Waals surface area contributed by atoms with E-state index in [0.29, 0.717) is 18.0 Å². The number of fused-ring (bicyclic) bond motifs is 1. The summed E-state index contributed by atoms with van der Waals surface area (Å²) in [6.07, 6.45) is 0.961. The molecule has 1 aliphatic rings. The van der Waals surface area contributed by atoms with Crippen LogP contribution in [0.5, 0.6) is 5.75 Å². The predicted molar refractivity (Wildman–Crippen MR) is 91.8 cm³/mol. The first-order valence-electron chi connectivity index (χ1n) is 8.02. The van der Waals surface area contributed by atoms with Crippen molar-refractivity contribution in [2.75, 3.05) is 11.9 Å². The Morgan fingerprint density at radius 1 is 1.09 bits per heavy atom. The fraction of sp³-hybridized carbons (Fsp3) is 0.316. The second kappa shape index (κ2) is 6.73. The van der Waals surface area contributed by atoms with Crippen LogP contribution in [0.15, 0.2) is 48.5 Å². The quantitative estimate of drug-likeness (QED) is 0.928. The minimum atomic E-state index is -0.0840. The van der Waals surface area contributed by atoms with E-state index in [-0.39, 0.29) is 12.1 Å². The molecular weight excluding hydrogens is 288 g/mol. The third-order valence-corrected chi connectivity index (χ3v) is 3.91. The molecule has 3 rings (SSSR count). The molecule has 0 unspecified atom stereocenters. The van der Waals surface area contributed by atoms with Gasteiger partial charge in [0.05, 0.1) is 11.8 Å². The Bertz CT molecular complexity index is 697. The first-order valence-corrected chi connectivity index (χ1v) is 8.02. The third kappa shape index (κ3) is 3.65. The van der Waals surface area contributed by atoms with E-state index in [1.54, 1.807) is 0 Å². The van der Waals surface area contributed by atoms with Crippen LogP contribution in [0.4, 0.5) is 10.5 Å². The molecule has 2 amide bonds. The Labute approximate surface area is 137 Å². The Balaban J connectivity index is 1.71. The molecule has 4 nitrogen and oxygen atoms in total. The lowest BCUT2D eigenvalue weighted by atomic mass is 10.0. The van der Waals surface area contributed by atoms with Crippen molar-refractivity contribution in [2.24, 2.45) is 0 Å². The van der Waals surface area contributed by atoms with Crippen LogP contribution in [0.1, 0.15) is 25.0 Å². The van der Waals surface area contributed by atoms with E-state index >= 15 is 0 Å². The number of anilines is 1. The highest BCUT2D eigenvalue weighted by molar-refractivity contribution is 5.91. The molecule has 0 bridgehead atoms. The van der Waals surface area contributed by atoms with Crippen LogP contribution < -0.4 is 10.1 Å². The lowest BCUT2D eigenvalue weighted by Gasteiger charge is -2.29. The number of rotatable bonds is 3. The van der Waals surface area contributed by atoms with Crippen molar-refractivity contribution in [2.45, 2.75) is 32.9 Å². The Hall–Kier alpha value is -2.49. The van der Waals surface area contributed by atoms with E-state index in [1.807, 2.05) is 55.1 Å². The number of para-hydroxylation sites is 2. The van der Waals surface area contributed by atoms with E-state index in [4.69, 9.17) is 4.74 Å². The Kier molecular flexibility index (Phi) is 4.51. The normalized spacial score (nSPS) is 13.6. The van der Waals surface area contributed by atoms with Crippen molar-refractivity contribution in [1.82, 2.24) is 4.90 Å². The number of hydrogen-bond acceptors (Lipinski definition) is 2. The van der Waals surface area contributed by atoms with E-state index in [0.717, 1.165) is 13.0 Å². The van der Waals surface area contributed by atoms with Crippen molar-refractivity contribution < 1.29 is 9.53 Å². The fourth-order valence-corrected chi connectivity index (χ4v) is 2.79. The number of ether oxygens (including phenoxy) is 1. The maximum atomic E-state index is 12.6. The summed E-state index contributed by atoms with van der Waals surface area (Å²) in [6.45, 7) is 5.32. The van der Waals surface area contributed by atoms with Crippen LogP contribution in [0.3, 0.4) is 0 Å². The molecule has 2 aromatic rings. The maximum Gasteiger partial charge on any atom is 0.322 e.